The minimum absolute atomic E-state index is 0.0840. The molecule has 0 aliphatic heterocycles. The number of benzene rings is 1. The van der Waals surface area contributed by atoms with Crippen LogP contribution in [0.5, 0.6) is 0 Å². The molecule has 1 rings (SSSR count). The van der Waals surface area contributed by atoms with Crippen LogP contribution in [0, 0.1) is 0 Å². The van der Waals surface area contributed by atoms with Crippen molar-refractivity contribution in [3.8, 4) is 0 Å². The van der Waals surface area contributed by atoms with Gasteiger partial charge in [0.05, 0.1) is 6.54 Å². The van der Waals surface area contributed by atoms with E-state index in [0.29, 0.717) is 13.0 Å². The molecule has 0 unspecified atom stereocenters. The third-order valence-electron chi connectivity index (χ3n) is 2.14. The van der Waals surface area contributed by atoms with E-state index in [9.17, 15) is 4.79 Å². The Kier molecular flexibility index (Phi) is 4.56. The second-order valence-corrected chi connectivity index (χ2v) is 4.00. The van der Waals surface area contributed by atoms with E-state index in [0.717, 1.165) is 10.0 Å². The number of amides is 1. The molecule has 3 heteroatoms. The van der Waals surface area contributed by atoms with E-state index in [1.54, 1.807) is 11.1 Å². The number of carbonyl (C=O) groups excluding carboxylic acids is 1. The Bertz CT molecular complexity index is 362. The fourth-order valence-electron chi connectivity index (χ4n) is 1.27. The van der Waals surface area contributed by atoms with Gasteiger partial charge in [-0.2, -0.15) is 0 Å². The molecule has 0 N–H and O–H groups in total. The fourth-order valence-corrected chi connectivity index (χ4v) is 1.68. The molecular formula is C12H14BrNO. The van der Waals surface area contributed by atoms with E-state index < -0.39 is 0 Å². The Morgan fingerprint density at radius 1 is 1.53 bits per heavy atom. The van der Waals surface area contributed by atoms with Crippen molar-refractivity contribution < 1.29 is 4.79 Å². The maximum Gasteiger partial charge on any atom is 0.226 e. The quantitative estimate of drug-likeness (QED) is 0.820. The SMILES string of the molecule is C=CN(Cc1ccccc1Br)C(=O)CC. The smallest absolute Gasteiger partial charge is 0.226 e. The van der Waals surface area contributed by atoms with Crippen LogP contribution in [-0.4, -0.2) is 10.8 Å². The van der Waals surface area contributed by atoms with Crippen LogP contribution in [0.2, 0.25) is 0 Å². The first-order valence-electron chi connectivity index (χ1n) is 4.84. The molecule has 0 saturated carbocycles. The van der Waals surface area contributed by atoms with Crippen LogP contribution in [-0.2, 0) is 11.3 Å². The van der Waals surface area contributed by atoms with E-state index >= 15 is 0 Å². The van der Waals surface area contributed by atoms with Gasteiger partial charge in [-0.3, -0.25) is 4.79 Å². The Balaban J connectivity index is 2.80. The number of hydrogen-bond donors (Lipinski definition) is 0. The topological polar surface area (TPSA) is 20.3 Å². The molecule has 0 saturated heterocycles. The zero-order chi connectivity index (χ0) is 11.3. The van der Waals surface area contributed by atoms with Gasteiger partial charge in [0, 0.05) is 10.9 Å². The lowest BCUT2D eigenvalue weighted by Crippen LogP contribution is -2.24. The highest BCUT2D eigenvalue weighted by atomic mass is 79.9. The number of hydrogen-bond acceptors (Lipinski definition) is 1. The first kappa shape index (κ1) is 12.0. The van der Waals surface area contributed by atoms with Crippen molar-refractivity contribution in [3.05, 3.63) is 47.1 Å². The zero-order valence-electron chi connectivity index (χ0n) is 8.74. The Morgan fingerprint density at radius 3 is 2.73 bits per heavy atom. The summed E-state index contributed by atoms with van der Waals surface area (Å²) in [7, 11) is 0. The van der Waals surface area contributed by atoms with Crippen molar-refractivity contribution >= 4 is 21.8 Å². The summed E-state index contributed by atoms with van der Waals surface area (Å²) < 4.78 is 1.01. The van der Waals surface area contributed by atoms with Crippen LogP contribution < -0.4 is 0 Å². The molecule has 0 aliphatic rings. The van der Waals surface area contributed by atoms with Crippen molar-refractivity contribution in [1.29, 1.82) is 0 Å². The molecule has 0 aromatic heterocycles. The minimum atomic E-state index is 0.0840. The summed E-state index contributed by atoms with van der Waals surface area (Å²) in [6.07, 6.45) is 2.07. The maximum atomic E-state index is 11.5. The monoisotopic (exact) mass is 267 g/mol. The van der Waals surface area contributed by atoms with Crippen LogP contribution in [0.25, 0.3) is 0 Å². The predicted molar refractivity (Wildman–Crippen MR) is 65.2 cm³/mol. The van der Waals surface area contributed by atoms with Gasteiger partial charge in [-0.15, -0.1) is 0 Å². The van der Waals surface area contributed by atoms with E-state index in [-0.39, 0.29) is 5.91 Å². The minimum Gasteiger partial charge on any atom is -0.315 e. The van der Waals surface area contributed by atoms with Crippen molar-refractivity contribution in [2.45, 2.75) is 19.9 Å². The van der Waals surface area contributed by atoms with Crippen LogP contribution in [0.3, 0.4) is 0 Å². The van der Waals surface area contributed by atoms with Gasteiger partial charge in [0.15, 0.2) is 0 Å². The highest BCUT2D eigenvalue weighted by molar-refractivity contribution is 9.10. The second kappa shape index (κ2) is 5.71. The normalized spacial score (nSPS) is 9.73. The van der Waals surface area contributed by atoms with Crippen LogP contribution in [0.15, 0.2) is 41.5 Å². The molecular weight excluding hydrogens is 254 g/mol. The number of carbonyl (C=O) groups is 1. The van der Waals surface area contributed by atoms with Gasteiger partial charge in [-0.05, 0) is 17.8 Å². The lowest BCUT2D eigenvalue weighted by atomic mass is 10.2. The van der Waals surface area contributed by atoms with Crippen LogP contribution in [0.1, 0.15) is 18.9 Å². The lowest BCUT2D eigenvalue weighted by molar-refractivity contribution is -0.128. The molecule has 2 nitrogen and oxygen atoms in total. The first-order chi connectivity index (χ1) is 7.19. The molecule has 0 radical (unpaired) electrons. The highest BCUT2D eigenvalue weighted by Crippen LogP contribution is 2.18. The molecule has 0 bridgehead atoms. The molecule has 1 aromatic carbocycles. The molecule has 0 atom stereocenters. The number of nitrogens with zero attached hydrogens (tertiary/aromatic N) is 1. The van der Waals surface area contributed by atoms with E-state index in [1.165, 1.54) is 0 Å². The van der Waals surface area contributed by atoms with Crippen LogP contribution in [0.4, 0.5) is 0 Å². The van der Waals surface area contributed by atoms with E-state index in [4.69, 9.17) is 0 Å². The van der Waals surface area contributed by atoms with Gasteiger partial charge < -0.3 is 4.90 Å². The number of halogens is 1. The second-order valence-electron chi connectivity index (χ2n) is 3.15. The largest absolute Gasteiger partial charge is 0.315 e. The molecule has 0 heterocycles. The highest BCUT2D eigenvalue weighted by Gasteiger charge is 2.09. The first-order valence-corrected chi connectivity index (χ1v) is 5.63. The zero-order valence-corrected chi connectivity index (χ0v) is 10.3. The van der Waals surface area contributed by atoms with Crippen molar-refractivity contribution in [1.82, 2.24) is 4.90 Å². The van der Waals surface area contributed by atoms with Gasteiger partial charge in [0.2, 0.25) is 5.91 Å². The molecule has 0 fully saturated rings. The summed E-state index contributed by atoms with van der Waals surface area (Å²) in [5.41, 5.74) is 1.08. The summed E-state index contributed by atoms with van der Waals surface area (Å²) in [5.74, 6) is 0.0840. The van der Waals surface area contributed by atoms with Crippen molar-refractivity contribution in [2.75, 3.05) is 0 Å². The summed E-state index contributed by atoms with van der Waals surface area (Å²) in [6, 6.07) is 7.86. The van der Waals surface area contributed by atoms with Crippen LogP contribution >= 0.6 is 15.9 Å². The predicted octanol–water partition coefficient (Wildman–Crippen LogP) is 3.33. The Hall–Kier alpha value is -1.09. The Morgan fingerprint density at radius 2 is 2.20 bits per heavy atom. The van der Waals surface area contributed by atoms with E-state index in [1.807, 2.05) is 31.2 Å². The van der Waals surface area contributed by atoms with Gasteiger partial charge >= 0.3 is 0 Å². The maximum absolute atomic E-state index is 11.5. The number of rotatable bonds is 4. The molecule has 1 amide bonds. The molecule has 0 aliphatic carbocycles. The summed E-state index contributed by atoms with van der Waals surface area (Å²) in [6.45, 7) is 6.06. The van der Waals surface area contributed by atoms with Crippen molar-refractivity contribution in [3.63, 3.8) is 0 Å². The van der Waals surface area contributed by atoms with Gasteiger partial charge in [0.25, 0.3) is 0 Å². The summed E-state index contributed by atoms with van der Waals surface area (Å²) >= 11 is 3.45. The standard InChI is InChI=1S/C12H14BrNO/c1-3-12(15)14(4-2)9-10-7-5-6-8-11(10)13/h4-8H,2-3,9H2,1H3. The Labute approximate surface area is 98.7 Å². The lowest BCUT2D eigenvalue weighted by Gasteiger charge is -2.17. The average Bonchev–Trinajstić information content (AvgIpc) is 2.27. The molecule has 80 valence electrons. The third-order valence-corrected chi connectivity index (χ3v) is 2.92. The molecule has 15 heavy (non-hydrogen) atoms. The van der Waals surface area contributed by atoms with Crippen molar-refractivity contribution in [2.24, 2.45) is 0 Å². The third kappa shape index (κ3) is 3.20. The summed E-state index contributed by atoms with van der Waals surface area (Å²) in [5, 5.41) is 0. The fraction of sp³-hybridized carbons (Fsp3) is 0.250. The van der Waals surface area contributed by atoms with Gasteiger partial charge in [-0.25, -0.2) is 0 Å². The average molecular weight is 268 g/mol. The van der Waals surface area contributed by atoms with Gasteiger partial charge in [0.1, 0.15) is 0 Å². The van der Waals surface area contributed by atoms with Gasteiger partial charge in [-0.1, -0.05) is 47.6 Å². The van der Waals surface area contributed by atoms with E-state index in [2.05, 4.69) is 22.5 Å². The molecule has 1 aromatic rings. The summed E-state index contributed by atoms with van der Waals surface area (Å²) in [4.78, 5) is 13.1. The molecule has 0 spiro atoms.